The molecule has 1 unspecified atom stereocenters. The average molecular weight is 615 g/mol. The number of sulfonamides is 1. The summed E-state index contributed by atoms with van der Waals surface area (Å²) in [6, 6.07) is 8.89. The van der Waals surface area contributed by atoms with Gasteiger partial charge < -0.3 is 21.1 Å². The number of aliphatic hydroxyl groups is 1. The number of halogens is 1. The number of nitrogens with zero attached hydrogens (tertiary/aromatic N) is 1. The molecule has 1 aromatic carbocycles. The number of benzene rings is 1. The Kier molecular flexibility index (Phi) is 14.2. The molecule has 4 N–H and O–H groups in total. The molecule has 1 saturated heterocycles. The first-order valence-electron chi connectivity index (χ1n) is 14.2. The minimum Gasteiger partial charge on any atom is -0.390 e. The van der Waals surface area contributed by atoms with E-state index in [0.29, 0.717) is 55.3 Å². The van der Waals surface area contributed by atoms with Gasteiger partial charge in [0.05, 0.1) is 23.6 Å². The van der Waals surface area contributed by atoms with E-state index in [2.05, 4.69) is 36.7 Å². The van der Waals surface area contributed by atoms with Crippen LogP contribution in [0.4, 0.5) is 11.4 Å². The van der Waals surface area contributed by atoms with Crippen molar-refractivity contribution in [3.8, 4) is 0 Å². The predicted molar refractivity (Wildman–Crippen MR) is 170 cm³/mol. The third kappa shape index (κ3) is 10.5. The van der Waals surface area contributed by atoms with E-state index in [4.69, 9.17) is 0 Å². The van der Waals surface area contributed by atoms with Crippen LogP contribution in [-0.2, 0) is 16.4 Å². The van der Waals surface area contributed by atoms with E-state index in [1.807, 2.05) is 24.4 Å². The van der Waals surface area contributed by atoms with Crippen LogP contribution in [0, 0.1) is 5.92 Å². The summed E-state index contributed by atoms with van der Waals surface area (Å²) in [5.74, 6) is 0.448. The van der Waals surface area contributed by atoms with E-state index in [0.717, 1.165) is 24.1 Å². The monoisotopic (exact) mass is 614 g/mol. The Balaban J connectivity index is 0.00000560. The molecular weight excluding hydrogens is 568 g/mol. The largest absolute Gasteiger partial charge is 0.390 e. The van der Waals surface area contributed by atoms with Crippen molar-refractivity contribution >= 4 is 51.0 Å². The summed E-state index contributed by atoms with van der Waals surface area (Å²) in [5, 5.41) is 22.9. The molecule has 1 aliphatic rings. The van der Waals surface area contributed by atoms with Crippen molar-refractivity contribution in [3.05, 3.63) is 46.2 Å². The summed E-state index contributed by atoms with van der Waals surface area (Å²) in [6.45, 7) is 9.94. The van der Waals surface area contributed by atoms with Gasteiger partial charge in [0, 0.05) is 48.2 Å². The molecule has 8 nitrogen and oxygen atoms in total. The number of hydrogen-bond donors (Lipinski definition) is 4. The first kappa shape index (κ1) is 34.4. The standard InChI is InChI=1S/C29H46N4O4S2.ClH/c1-5-30-24-16-23(17-25(18-24)33-13-6-7-15-39(33,36)37)29(35)32-27(19-26-12-9-14-38-26)28(34)20-31-22(4)11-8-10-21(2)3;/h9,12,14,16-18,21-22,27-28,30-31,34H,5-8,10-11,13,15,19-20H2,1-4H3,(H,32,35);1H/t22?,27-,28+;/m0./s1. The minimum atomic E-state index is -3.42. The van der Waals surface area contributed by atoms with Crippen molar-refractivity contribution in [1.82, 2.24) is 10.6 Å². The van der Waals surface area contributed by atoms with Crippen LogP contribution in [0.15, 0.2) is 35.7 Å². The number of rotatable bonds is 15. The Morgan fingerprint density at radius 1 is 1.15 bits per heavy atom. The zero-order valence-electron chi connectivity index (χ0n) is 24.2. The van der Waals surface area contributed by atoms with Gasteiger partial charge in [0.1, 0.15) is 0 Å². The molecule has 226 valence electrons. The average Bonchev–Trinajstić information content (AvgIpc) is 3.39. The van der Waals surface area contributed by atoms with Gasteiger partial charge in [-0.2, -0.15) is 0 Å². The maximum atomic E-state index is 13.5. The lowest BCUT2D eigenvalue weighted by Gasteiger charge is -2.29. The Morgan fingerprint density at radius 2 is 1.93 bits per heavy atom. The quantitative estimate of drug-likeness (QED) is 0.224. The number of anilines is 2. The van der Waals surface area contributed by atoms with E-state index in [1.165, 1.54) is 10.7 Å². The van der Waals surface area contributed by atoms with Crippen LogP contribution in [0.1, 0.15) is 75.0 Å². The molecule has 11 heteroatoms. The normalized spacial score (nSPS) is 17.1. The van der Waals surface area contributed by atoms with E-state index in [-0.39, 0.29) is 30.1 Å². The zero-order chi connectivity index (χ0) is 28.4. The highest BCUT2D eigenvalue weighted by Gasteiger charge is 2.28. The maximum Gasteiger partial charge on any atom is 0.251 e. The number of hydrogen-bond acceptors (Lipinski definition) is 7. The highest BCUT2D eigenvalue weighted by Crippen LogP contribution is 2.28. The molecule has 0 bridgehead atoms. The van der Waals surface area contributed by atoms with Crippen molar-refractivity contribution in [2.45, 2.75) is 84.4 Å². The molecule has 1 fully saturated rings. The maximum absolute atomic E-state index is 13.5. The second-order valence-corrected chi connectivity index (χ2v) is 14.0. The lowest BCUT2D eigenvalue weighted by atomic mass is 10.0. The molecule has 1 aromatic heterocycles. The van der Waals surface area contributed by atoms with Crippen molar-refractivity contribution in [1.29, 1.82) is 0 Å². The van der Waals surface area contributed by atoms with Crippen LogP contribution in [0.3, 0.4) is 0 Å². The van der Waals surface area contributed by atoms with E-state index < -0.39 is 22.2 Å². The number of nitrogens with one attached hydrogen (secondary N) is 3. The Hall–Kier alpha value is -1.85. The van der Waals surface area contributed by atoms with Crippen LogP contribution >= 0.6 is 23.7 Å². The molecule has 3 atom stereocenters. The van der Waals surface area contributed by atoms with Crippen LogP contribution in [-0.4, -0.2) is 63.0 Å². The number of carbonyl (C=O) groups is 1. The molecule has 40 heavy (non-hydrogen) atoms. The van der Waals surface area contributed by atoms with Gasteiger partial charge in [0.15, 0.2) is 0 Å². The lowest BCUT2D eigenvalue weighted by molar-refractivity contribution is 0.0826. The van der Waals surface area contributed by atoms with Crippen LogP contribution in [0.5, 0.6) is 0 Å². The molecule has 3 rings (SSSR count). The third-order valence-corrected chi connectivity index (χ3v) is 9.84. The second-order valence-electron chi connectivity index (χ2n) is 11.0. The molecular formula is C29H47ClN4O4S2. The Labute approximate surface area is 250 Å². The predicted octanol–water partition coefficient (Wildman–Crippen LogP) is 5.04. The van der Waals surface area contributed by atoms with Gasteiger partial charge in [-0.3, -0.25) is 9.10 Å². The molecule has 1 amide bonds. The van der Waals surface area contributed by atoms with Crippen molar-refractivity contribution < 1.29 is 18.3 Å². The fraction of sp³-hybridized carbons (Fsp3) is 0.621. The summed E-state index contributed by atoms with van der Waals surface area (Å²) < 4.78 is 27.0. The smallest absolute Gasteiger partial charge is 0.251 e. The van der Waals surface area contributed by atoms with E-state index >= 15 is 0 Å². The molecule has 0 aliphatic carbocycles. The summed E-state index contributed by atoms with van der Waals surface area (Å²) in [5.41, 5.74) is 1.54. The second kappa shape index (κ2) is 16.6. The fourth-order valence-electron chi connectivity index (χ4n) is 4.85. The molecule has 0 radical (unpaired) electrons. The first-order chi connectivity index (χ1) is 18.6. The lowest BCUT2D eigenvalue weighted by Crippen LogP contribution is -2.49. The topological polar surface area (TPSA) is 111 Å². The van der Waals surface area contributed by atoms with Gasteiger partial charge in [-0.25, -0.2) is 8.42 Å². The molecule has 2 heterocycles. The Bertz CT molecular complexity index is 1140. The van der Waals surface area contributed by atoms with Gasteiger partial charge in [0.25, 0.3) is 5.91 Å². The van der Waals surface area contributed by atoms with Gasteiger partial charge in [-0.1, -0.05) is 32.8 Å². The molecule has 2 aromatic rings. The van der Waals surface area contributed by atoms with Gasteiger partial charge >= 0.3 is 0 Å². The molecule has 0 spiro atoms. The highest BCUT2D eigenvalue weighted by molar-refractivity contribution is 7.92. The van der Waals surface area contributed by atoms with Crippen molar-refractivity contribution in [3.63, 3.8) is 0 Å². The van der Waals surface area contributed by atoms with Crippen molar-refractivity contribution in [2.75, 3.05) is 35.0 Å². The molecule has 1 aliphatic heterocycles. The fourth-order valence-corrected chi connectivity index (χ4v) is 7.24. The van der Waals surface area contributed by atoms with Gasteiger partial charge in [-0.05, 0) is 68.7 Å². The van der Waals surface area contributed by atoms with Gasteiger partial charge in [-0.15, -0.1) is 23.7 Å². The first-order valence-corrected chi connectivity index (χ1v) is 16.7. The van der Waals surface area contributed by atoms with E-state index in [1.54, 1.807) is 29.5 Å². The van der Waals surface area contributed by atoms with Crippen LogP contribution < -0.4 is 20.3 Å². The number of amides is 1. The van der Waals surface area contributed by atoms with E-state index in [9.17, 15) is 18.3 Å². The van der Waals surface area contributed by atoms with Crippen molar-refractivity contribution in [2.24, 2.45) is 5.92 Å². The highest BCUT2D eigenvalue weighted by atomic mass is 35.5. The van der Waals surface area contributed by atoms with Gasteiger partial charge in [0.2, 0.25) is 10.0 Å². The number of thiophene rings is 1. The zero-order valence-corrected chi connectivity index (χ0v) is 26.6. The third-order valence-electron chi connectivity index (χ3n) is 7.07. The number of carbonyl (C=O) groups excluding carboxylic acids is 1. The summed E-state index contributed by atoms with van der Waals surface area (Å²) in [7, 11) is -3.42. The Morgan fingerprint density at radius 3 is 2.58 bits per heavy atom. The number of aliphatic hydroxyl groups excluding tert-OH is 1. The van der Waals surface area contributed by atoms with Crippen LogP contribution in [0.25, 0.3) is 0 Å². The van der Waals surface area contributed by atoms with Crippen LogP contribution in [0.2, 0.25) is 0 Å². The summed E-state index contributed by atoms with van der Waals surface area (Å²) in [6.07, 6.45) is 4.49. The SMILES string of the molecule is CCNc1cc(C(=O)N[C@@H](Cc2cccs2)[C@H](O)CNC(C)CCCC(C)C)cc(N2CCCCS2(=O)=O)c1.Cl. The summed E-state index contributed by atoms with van der Waals surface area (Å²) >= 11 is 1.59. The minimum absolute atomic E-state index is 0. The summed E-state index contributed by atoms with van der Waals surface area (Å²) in [4.78, 5) is 14.6. The molecule has 0 saturated carbocycles.